The van der Waals surface area contributed by atoms with Gasteiger partial charge in [-0.15, -0.1) is 0 Å². The Labute approximate surface area is 83.0 Å². The number of aliphatic hydroxyl groups excluding tert-OH is 2. The van der Waals surface area contributed by atoms with Crippen LogP contribution in [-0.2, 0) is 4.74 Å². The molecule has 76 valence electrons. The van der Waals surface area contributed by atoms with Gasteiger partial charge in [0.15, 0.2) is 0 Å². The van der Waals surface area contributed by atoms with Crippen molar-refractivity contribution in [3.8, 4) is 0 Å². The molecule has 0 aliphatic carbocycles. The molecule has 0 aromatic heterocycles. The average Bonchev–Trinajstić information content (AvgIpc) is 2.47. The van der Waals surface area contributed by atoms with Crippen LogP contribution in [0, 0.1) is 0 Å². The quantitative estimate of drug-likeness (QED) is 0.697. The first-order chi connectivity index (χ1) is 6.70. The summed E-state index contributed by atoms with van der Waals surface area (Å²) in [4.78, 5) is 0. The third kappa shape index (κ3) is 1.54. The molecule has 1 fully saturated rings. The van der Waals surface area contributed by atoms with Crippen molar-refractivity contribution in [3.63, 3.8) is 0 Å². The lowest BCUT2D eigenvalue weighted by Gasteiger charge is -2.14. The fraction of sp³-hybridized carbons (Fsp3) is 0.455. The van der Waals surface area contributed by atoms with E-state index >= 15 is 0 Å². The van der Waals surface area contributed by atoms with Crippen molar-refractivity contribution in [2.24, 2.45) is 0 Å². The summed E-state index contributed by atoms with van der Waals surface area (Å²) in [6, 6.07) is 9.46. The zero-order chi connectivity index (χ0) is 10.1. The summed E-state index contributed by atoms with van der Waals surface area (Å²) in [5, 5.41) is 19.2. The fourth-order valence-electron chi connectivity index (χ4n) is 1.77. The molecule has 4 atom stereocenters. The molecule has 0 saturated carbocycles. The zero-order valence-electron chi connectivity index (χ0n) is 8.00. The molecule has 4 unspecified atom stereocenters. The van der Waals surface area contributed by atoms with Gasteiger partial charge in [0, 0.05) is 0 Å². The maximum Gasteiger partial charge on any atom is 0.113 e. The number of hydrogen-bond donors (Lipinski definition) is 2. The van der Waals surface area contributed by atoms with E-state index < -0.39 is 18.3 Å². The smallest absolute Gasteiger partial charge is 0.113 e. The lowest BCUT2D eigenvalue weighted by Crippen LogP contribution is -2.28. The molecule has 3 heteroatoms. The van der Waals surface area contributed by atoms with E-state index in [9.17, 15) is 10.2 Å². The van der Waals surface area contributed by atoms with Gasteiger partial charge < -0.3 is 14.9 Å². The summed E-state index contributed by atoms with van der Waals surface area (Å²) in [5.74, 6) is 0. The van der Waals surface area contributed by atoms with Crippen LogP contribution in [0.1, 0.15) is 18.6 Å². The van der Waals surface area contributed by atoms with E-state index in [1.807, 2.05) is 30.3 Å². The highest BCUT2D eigenvalue weighted by molar-refractivity contribution is 5.20. The van der Waals surface area contributed by atoms with Gasteiger partial charge in [0.1, 0.15) is 18.3 Å². The molecule has 1 aromatic carbocycles. The Morgan fingerprint density at radius 2 is 1.71 bits per heavy atom. The topological polar surface area (TPSA) is 49.7 Å². The van der Waals surface area contributed by atoms with Gasteiger partial charge in [-0.3, -0.25) is 0 Å². The van der Waals surface area contributed by atoms with Crippen LogP contribution in [-0.4, -0.2) is 28.5 Å². The molecule has 0 radical (unpaired) electrons. The van der Waals surface area contributed by atoms with Gasteiger partial charge >= 0.3 is 0 Å². The predicted octanol–water partition coefficient (Wildman–Crippen LogP) is 0.868. The first-order valence-electron chi connectivity index (χ1n) is 4.76. The first-order valence-corrected chi connectivity index (χ1v) is 4.76. The van der Waals surface area contributed by atoms with Gasteiger partial charge in [-0.05, 0) is 12.5 Å². The Bertz CT molecular complexity index is 299. The van der Waals surface area contributed by atoms with Gasteiger partial charge in [0.05, 0.1) is 6.10 Å². The second kappa shape index (κ2) is 3.69. The van der Waals surface area contributed by atoms with Crippen LogP contribution in [0.5, 0.6) is 0 Å². The minimum Gasteiger partial charge on any atom is -0.388 e. The lowest BCUT2D eigenvalue weighted by atomic mass is 10.0. The Morgan fingerprint density at radius 1 is 1.07 bits per heavy atom. The number of ether oxygens (including phenoxy) is 1. The summed E-state index contributed by atoms with van der Waals surface area (Å²) in [6.07, 6.45) is -2.33. The average molecular weight is 194 g/mol. The molecule has 2 rings (SSSR count). The molecular formula is C11H14O3. The summed E-state index contributed by atoms with van der Waals surface area (Å²) in [7, 11) is 0. The second-order valence-corrected chi connectivity index (χ2v) is 3.65. The molecule has 0 bridgehead atoms. The molecule has 14 heavy (non-hydrogen) atoms. The van der Waals surface area contributed by atoms with Gasteiger partial charge in [0.25, 0.3) is 0 Å². The second-order valence-electron chi connectivity index (χ2n) is 3.65. The number of aliphatic hydroxyl groups is 2. The summed E-state index contributed by atoms with van der Waals surface area (Å²) in [5.41, 5.74) is 0.906. The molecule has 1 aliphatic heterocycles. The molecule has 0 amide bonds. The third-order valence-electron chi connectivity index (χ3n) is 2.63. The summed E-state index contributed by atoms with van der Waals surface area (Å²) >= 11 is 0. The van der Waals surface area contributed by atoms with Crippen LogP contribution in [0.4, 0.5) is 0 Å². The van der Waals surface area contributed by atoms with E-state index in [-0.39, 0.29) is 6.10 Å². The van der Waals surface area contributed by atoms with Crippen LogP contribution in [0.15, 0.2) is 30.3 Å². The van der Waals surface area contributed by atoms with Crippen molar-refractivity contribution >= 4 is 0 Å². The molecule has 1 aromatic rings. The van der Waals surface area contributed by atoms with Crippen LogP contribution >= 0.6 is 0 Å². The molecule has 3 nitrogen and oxygen atoms in total. The molecular weight excluding hydrogens is 180 g/mol. The van der Waals surface area contributed by atoms with Gasteiger partial charge in [-0.1, -0.05) is 30.3 Å². The molecule has 2 N–H and O–H groups in total. The van der Waals surface area contributed by atoms with Crippen LogP contribution < -0.4 is 0 Å². The van der Waals surface area contributed by atoms with E-state index in [2.05, 4.69) is 0 Å². The fourth-order valence-corrected chi connectivity index (χ4v) is 1.77. The van der Waals surface area contributed by atoms with Gasteiger partial charge in [-0.2, -0.15) is 0 Å². The maximum absolute atomic E-state index is 9.71. The number of benzene rings is 1. The zero-order valence-corrected chi connectivity index (χ0v) is 8.00. The maximum atomic E-state index is 9.71. The minimum atomic E-state index is -0.826. The van der Waals surface area contributed by atoms with Crippen LogP contribution in [0.2, 0.25) is 0 Å². The monoisotopic (exact) mass is 194 g/mol. The van der Waals surface area contributed by atoms with E-state index in [0.717, 1.165) is 5.56 Å². The van der Waals surface area contributed by atoms with Crippen LogP contribution in [0.3, 0.4) is 0 Å². The Hall–Kier alpha value is -0.900. The Balaban J connectivity index is 2.21. The van der Waals surface area contributed by atoms with E-state index in [1.165, 1.54) is 0 Å². The molecule has 1 heterocycles. The highest BCUT2D eigenvalue weighted by atomic mass is 16.5. The van der Waals surface area contributed by atoms with Crippen molar-refractivity contribution in [1.29, 1.82) is 0 Å². The van der Waals surface area contributed by atoms with Crippen molar-refractivity contribution < 1.29 is 14.9 Å². The van der Waals surface area contributed by atoms with Crippen molar-refractivity contribution in [1.82, 2.24) is 0 Å². The van der Waals surface area contributed by atoms with Crippen molar-refractivity contribution in [2.45, 2.75) is 31.3 Å². The number of rotatable bonds is 1. The SMILES string of the molecule is CC1OC(c2ccccc2)C(O)C1O. The largest absolute Gasteiger partial charge is 0.388 e. The lowest BCUT2D eigenvalue weighted by molar-refractivity contribution is 0.0151. The Morgan fingerprint density at radius 3 is 2.21 bits per heavy atom. The summed E-state index contributed by atoms with van der Waals surface area (Å²) < 4.78 is 5.47. The minimum absolute atomic E-state index is 0.310. The molecule has 1 aliphatic rings. The Kier molecular flexibility index (Phi) is 2.54. The predicted molar refractivity (Wildman–Crippen MR) is 51.7 cm³/mol. The molecule has 0 spiro atoms. The van der Waals surface area contributed by atoms with Crippen LogP contribution in [0.25, 0.3) is 0 Å². The highest BCUT2D eigenvalue weighted by Gasteiger charge is 2.40. The first kappa shape index (κ1) is 9.65. The van der Waals surface area contributed by atoms with Gasteiger partial charge in [0.2, 0.25) is 0 Å². The van der Waals surface area contributed by atoms with E-state index in [0.29, 0.717) is 0 Å². The normalized spacial score (nSPS) is 37.4. The molecule has 1 saturated heterocycles. The highest BCUT2D eigenvalue weighted by Crippen LogP contribution is 2.32. The van der Waals surface area contributed by atoms with Crippen molar-refractivity contribution in [3.05, 3.63) is 35.9 Å². The standard InChI is InChI=1S/C11H14O3/c1-7-9(12)10(13)11(14-7)8-5-3-2-4-6-8/h2-7,9-13H,1H3. The third-order valence-corrected chi connectivity index (χ3v) is 2.63. The van der Waals surface area contributed by atoms with E-state index in [1.54, 1.807) is 6.92 Å². The van der Waals surface area contributed by atoms with E-state index in [4.69, 9.17) is 4.74 Å². The van der Waals surface area contributed by atoms with Crippen molar-refractivity contribution in [2.75, 3.05) is 0 Å². The summed E-state index contributed by atoms with van der Waals surface area (Å²) in [6.45, 7) is 1.76. The number of hydrogen-bond acceptors (Lipinski definition) is 3. The van der Waals surface area contributed by atoms with Gasteiger partial charge in [-0.25, -0.2) is 0 Å².